The molecule has 1 amide bonds. The molecule has 2 aromatic carbocycles. The number of carbonyl (C=O) groups is 1. The van der Waals surface area contributed by atoms with Gasteiger partial charge in [-0.1, -0.05) is 26.0 Å². The van der Waals surface area contributed by atoms with E-state index in [1.54, 1.807) is 24.3 Å². The third kappa shape index (κ3) is 5.01. The number of rotatable bonds is 6. The van der Waals surface area contributed by atoms with Crippen molar-refractivity contribution >= 4 is 5.91 Å². The van der Waals surface area contributed by atoms with Crippen molar-refractivity contribution in [1.82, 2.24) is 5.32 Å². The second-order valence-electron chi connectivity index (χ2n) is 5.93. The number of nitriles is 1. The first kappa shape index (κ1) is 18.4. The molecule has 0 saturated carbocycles. The fraction of sp³-hybridized carbons (Fsp3) is 0.263. The van der Waals surface area contributed by atoms with Gasteiger partial charge in [-0.15, -0.1) is 0 Å². The number of amides is 1. The normalized spacial score (nSPS) is 11.7. The van der Waals surface area contributed by atoms with Crippen LogP contribution in [0, 0.1) is 28.9 Å². The smallest absolute Gasteiger partial charge is 0.252 e. The minimum absolute atomic E-state index is 0.0931. The molecule has 0 aromatic heterocycles. The van der Waals surface area contributed by atoms with Gasteiger partial charge in [0, 0.05) is 17.2 Å². The molecule has 6 heteroatoms. The molecule has 130 valence electrons. The van der Waals surface area contributed by atoms with Crippen molar-refractivity contribution < 1.29 is 18.3 Å². The molecule has 0 spiro atoms. The molecular formula is C19H18F2N2O2. The third-order valence-electron chi connectivity index (χ3n) is 3.36. The Morgan fingerprint density at radius 1 is 1.24 bits per heavy atom. The molecule has 1 N–H and O–H groups in total. The number of hydrogen-bond acceptors (Lipinski definition) is 3. The zero-order valence-corrected chi connectivity index (χ0v) is 13.9. The van der Waals surface area contributed by atoms with Crippen LogP contribution < -0.4 is 10.1 Å². The second kappa shape index (κ2) is 8.25. The van der Waals surface area contributed by atoms with Crippen LogP contribution in [0.15, 0.2) is 42.5 Å². The highest BCUT2D eigenvalue weighted by molar-refractivity contribution is 5.95. The standard InChI is InChI=1S/C19H18F2N2O2/c1-12(2)11-25-15-5-3-4-13(8-15)19(24)23-18(10-22)16-7-6-14(20)9-17(16)21/h3-9,12,18H,11H2,1-2H3,(H,23,24). The van der Waals surface area contributed by atoms with Crippen molar-refractivity contribution in [2.24, 2.45) is 5.92 Å². The summed E-state index contributed by atoms with van der Waals surface area (Å²) in [4.78, 5) is 12.3. The van der Waals surface area contributed by atoms with Crippen molar-refractivity contribution in [3.8, 4) is 11.8 Å². The molecule has 4 nitrogen and oxygen atoms in total. The van der Waals surface area contributed by atoms with Gasteiger partial charge < -0.3 is 10.1 Å². The van der Waals surface area contributed by atoms with Gasteiger partial charge in [-0.2, -0.15) is 5.26 Å². The molecule has 0 aliphatic rings. The summed E-state index contributed by atoms with van der Waals surface area (Å²) < 4.78 is 32.4. The van der Waals surface area contributed by atoms with Gasteiger partial charge in [-0.05, 0) is 30.2 Å². The van der Waals surface area contributed by atoms with Gasteiger partial charge >= 0.3 is 0 Å². The molecule has 25 heavy (non-hydrogen) atoms. The molecule has 0 aliphatic carbocycles. The van der Waals surface area contributed by atoms with E-state index in [1.165, 1.54) is 0 Å². The van der Waals surface area contributed by atoms with Gasteiger partial charge in [-0.3, -0.25) is 4.79 Å². The Kier molecular flexibility index (Phi) is 6.07. The Labute approximate surface area is 145 Å². The van der Waals surface area contributed by atoms with Crippen molar-refractivity contribution in [3.63, 3.8) is 0 Å². The molecule has 0 bridgehead atoms. The highest BCUT2D eigenvalue weighted by Gasteiger charge is 2.19. The first-order valence-electron chi connectivity index (χ1n) is 7.79. The van der Waals surface area contributed by atoms with E-state index in [4.69, 9.17) is 4.74 Å². The molecule has 2 aromatic rings. The van der Waals surface area contributed by atoms with E-state index in [1.807, 2.05) is 19.9 Å². The summed E-state index contributed by atoms with van der Waals surface area (Å²) in [5.41, 5.74) is 0.188. The summed E-state index contributed by atoms with van der Waals surface area (Å²) in [6.45, 7) is 4.52. The number of nitrogens with zero attached hydrogens (tertiary/aromatic N) is 1. The Morgan fingerprint density at radius 2 is 2.00 bits per heavy atom. The minimum atomic E-state index is -1.23. The highest BCUT2D eigenvalue weighted by Crippen LogP contribution is 2.19. The lowest BCUT2D eigenvalue weighted by atomic mass is 10.1. The van der Waals surface area contributed by atoms with Crippen LogP contribution in [0.25, 0.3) is 0 Å². The fourth-order valence-corrected chi connectivity index (χ4v) is 2.12. The topological polar surface area (TPSA) is 62.1 Å². The van der Waals surface area contributed by atoms with Crippen LogP contribution in [0.5, 0.6) is 5.75 Å². The van der Waals surface area contributed by atoms with Crippen LogP contribution in [-0.2, 0) is 0 Å². The number of nitrogens with one attached hydrogen (secondary N) is 1. The third-order valence-corrected chi connectivity index (χ3v) is 3.36. The van der Waals surface area contributed by atoms with Crippen molar-refractivity contribution in [2.75, 3.05) is 6.61 Å². The number of hydrogen-bond donors (Lipinski definition) is 1. The lowest BCUT2D eigenvalue weighted by Gasteiger charge is -2.14. The molecular weight excluding hydrogens is 326 g/mol. The monoisotopic (exact) mass is 344 g/mol. The number of carbonyl (C=O) groups excluding carboxylic acids is 1. The van der Waals surface area contributed by atoms with Crippen LogP contribution >= 0.6 is 0 Å². The van der Waals surface area contributed by atoms with Gasteiger partial charge in [0.25, 0.3) is 5.91 Å². The van der Waals surface area contributed by atoms with Crippen LogP contribution in [-0.4, -0.2) is 12.5 Å². The molecule has 1 atom stereocenters. The summed E-state index contributed by atoms with van der Waals surface area (Å²) in [6.07, 6.45) is 0. The predicted molar refractivity (Wildman–Crippen MR) is 89.0 cm³/mol. The van der Waals surface area contributed by atoms with E-state index in [2.05, 4.69) is 5.32 Å². The first-order valence-corrected chi connectivity index (χ1v) is 7.79. The highest BCUT2D eigenvalue weighted by atomic mass is 19.1. The maximum absolute atomic E-state index is 13.8. The van der Waals surface area contributed by atoms with E-state index >= 15 is 0 Å². The zero-order valence-electron chi connectivity index (χ0n) is 13.9. The summed E-state index contributed by atoms with van der Waals surface area (Å²) >= 11 is 0. The summed E-state index contributed by atoms with van der Waals surface area (Å²) in [5.74, 6) is -1.32. The Bertz CT molecular complexity index is 800. The molecule has 0 aliphatic heterocycles. The quantitative estimate of drug-likeness (QED) is 0.862. The molecule has 0 saturated heterocycles. The molecule has 0 fully saturated rings. The summed E-state index contributed by atoms with van der Waals surface area (Å²) in [5, 5.41) is 11.7. The number of ether oxygens (including phenoxy) is 1. The van der Waals surface area contributed by atoms with Crippen LogP contribution in [0.4, 0.5) is 8.78 Å². The predicted octanol–water partition coefficient (Wildman–Crippen LogP) is 3.99. The van der Waals surface area contributed by atoms with Crippen LogP contribution in [0.2, 0.25) is 0 Å². The fourth-order valence-electron chi connectivity index (χ4n) is 2.12. The van der Waals surface area contributed by atoms with Gasteiger partial charge in [-0.25, -0.2) is 8.78 Å². The maximum Gasteiger partial charge on any atom is 0.252 e. The summed E-state index contributed by atoms with van der Waals surface area (Å²) in [7, 11) is 0. The molecule has 1 unspecified atom stereocenters. The maximum atomic E-state index is 13.8. The van der Waals surface area contributed by atoms with Crippen molar-refractivity contribution in [3.05, 3.63) is 65.2 Å². The Morgan fingerprint density at radius 3 is 2.64 bits per heavy atom. The first-order chi connectivity index (χ1) is 11.9. The van der Waals surface area contributed by atoms with Gasteiger partial charge in [0.1, 0.15) is 23.4 Å². The lowest BCUT2D eigenvalue weighted by Crippen LogP contribution is -2.28. The average Bonchev–Trinajstić information content (AvgIpc) is 2.58. The zero-order chi connectivity index (χ0) is 18.4. The minimum Gasteiger partial charge on any atom is -0.493 e. The van der Waals surface area contributed by atoms with E-state index in [-0.39, 0.29) is 11.1 Å². The number of benzene rings is 2. The Balaban J connectivity index is 2.14. The molecule has 2 rings (SSSR count). The Hall–Kier alpha value is -2.94. The molecule has 0 heterocycles. The van der Waals surface area contributed by atoms with Gasteiger partial charge in [0.05, 0.1) is 12.7 Å². The lowest BCUT2D eigenvalue weighted by molar-refractivity contribution is 0.0944. The second-order valence-corrected chi connectivity index (χ2v) is 5.93. The van der Waals surface area contributed by atoms with Crippen LogP contribution in [0.3, 0.4) is 0 Å². The van der Waals surface area contributed by atoms with E-state index in [0.29, 0.717) is 24.3 Å². The van der Waals surface area contributed by atoms with E-state index in [9.17, 15) is 18.8 Å². The average molecular weight is 344 g/mol. The summed E-state index contributed by atoms with van der Waals surface area (Å²) in [6, 6.07) is 9.92. The van der Waals surface area contributed by atoms with E-state index < -0.39 is 23.6 Å². The van der Waals surface area contributed by atoms with Crippen molar-refractivity contribution in [1.29, 1.82) is 5.26 Å². The van der Waals surface area contributed by atoms with Crippen molar-refractivity contribution in [2.45, 2.75) is 19.9 Å². The largest absolute Gasteiger partial charge is 0.493 e. The van der Waals surface area contributed by atoms with Crippen LogP contribution in [0.1, 0.15) is 35.8 Å². The van der Waals surface area contributed by atoms with E-state index in [0.717, 1.165) is 12.1 Å². The number of halogens is 2. The molecule has 0 radical (unpaired) electrons. The SMILES string of the molecule is CC(C)COc1cccc(C(=O)NC(C#N)c2ccc(F)cc2F)c1. The van der Waals surface area contributed by atoms with Gasteiger partial charge in [0.15, 0.2) is 0 Å². The van der Waals surface area contributed by atoms with Gasteiger partial charge in [0.2, 0.25) is 0 Å².